The normalized spacial score (nSPS) is 15.2. The average Bonchev–Trinajstić information content (AvgIpc) is 2.63. The van der Waals surface area contributed by atoms with Crippen LogP contribution in [0.4, 0.5) is 5.69 Å². The molecule has 2 aromatic rings. The molecule has 126 valence electrons. The van der Waals surface area contributed by atoms with Crippen LogP contribution in [0.25, 0.3) is 0 Å². The third kappa shape index (κ3) is 5.20. The highest BCUT2D eigenvalue weighted by Gasteiger charge is 2.10. The van der Waals surface area contributed by atoms with Crippen LogP contribution in [0.1, 0.15) is 36.8 Å². The maximum Gasteiger partial charge on any atom is 0.224 e. The van der Waals surface area contributed by atoms with Crippen LogP contribution in [-0.2, 0) is 17.8 Å². The van der Waals surface area contributed by atoms with Gasteiger partial charge in [0.2, 0.25) is 5.91 Å². The van der Waals surface area contributed by atoms with E-state index in [1.165, 1.54) is 43.5 Å². The number of hydrogen-bond acceptors (Lipinski definition) is 2. The topological polar surface area (TPSA) is 32.3 Å². The predicted octanol–water partition coefficient (Wildman–Crippen LogP) is 4.24. The third-order valence-electron chi connectivity index (χ3n) is 4.58. The van der Waals surface area contributed by atoms with Gasteiger partial charge < -0.3 is 5.32 Å². The Bertz CT molecular complexity index is 631. The fourth-order valence-corrected chi connectivity index (χ4v) is 3.20. The van der Waals surface area contributed by atoms with Gasteiger partial charge in [-0.2, -0.15) is 0 Å². The molecule has 3 rings (SSSR count). The first kappa shape index (κ1) is 16.7. The van der Waals surface area contributed by atoms with Gasteiger partial charge in [-0.15, -0.1) is 0 Å². The number of nitrogens with one attached hydrogen (secondary N) is 1. The molecule has 1 fully saturated rings. The lowest BCUT2D eigenvalue weighted by Crippen LogP contribution is -2.29. The smallest absolute Gasteiger partial charge is 0.224 e. The van der Waals surface area contributed by atoms with Crippen LogP contribution in [0.3, 0.4) is 0 Å². The van der Waals surface area contributed by atoms with Crippen molar-refractivity contribution >= 4 is 11.6 Å². The van der Waals surface area contributed by atoms with Gasteiger partial charge in [-0.3, -0.25) is 9.69 Å². The Morgan fingerprint density at radius 3 is 2.29 bits per heavy atom. The lowest BCUT2D eigenvalue weighted by atomic mass is 10.1. The van der Waals surface area contributed by atoms with E-state index in [-0.39, 0.29) is 5.91 Å². The SMILES string of the molecule is O=C(CCc1ccccc1)Nc1ccc(CN2CCCCC2)cc1. The zero-order valence-corrected chi connectivity index (χ0v) is 14.2. The Labute approximate surface area is 144 Å². The molecule has 1 heterocycles. The van der Waals surface area contributed by atoms with Gasteiger partial charge in [0.05, 0.1) is 0 Å². The van der Waals surface area contributed by atoms with E-state index in [2.05, 4.69) is 34.5 Å². The van der Waals surface area contributed by atoms with Crippen molar-refractivity contribution < 1.29 is 4.79 Å². The fraction of sp³-hybridized carbons (Fsp3) is 0.381. The fourth-order valence-electron chi connectivity index (χ4n) is 3.20. The summed E-state index contributed by atoms with van der Waals surface area (Å²) in [6.45, 7) is 3.43. The molecular weight excluding hydrogens is 296 g/mol. The summed E-state index contributed by atoms with van der Waals surface area (Å²) in [5, 5.41) is 2.99. The molecule has 0 aliphatic carbocycles. The molecule has 24 heavy (non-hydrogen) atoms. The van der Waals surface area contributed by atoms with Crippen LogP contribution in [0.5, 0.6) is 0 Å². The van der Waals surface area contributed by atoms with Crippen molar-refractivity contribution in [3.63, 3.8) is 0 Å². The van der Waals surface area contributed by atoms with Gasteiger partial charge in [-0.1, -0.05) is 48.9 Å². The summed E-state index contributed by atoms with van der Waals surface area (Å²) < 4.78 is 0. The Kier molecular flexibility index (Phi) is 6.02. The van der Waals surface area contributed by atoms with Crippen LogP contribution in [0, 0.1) is 0 Å². The van der Waals surface area contributed by atoms with Crippen molar-refractivity contribution in [3.8, 4) is 0 Å². The highest BCUT2D eigenvalue weighted by molar-refractivity contribution is 5.90. The van der Waals surface area contributed by atoms with Crippen molar-refractivity contribution in [2.45, 2.75) is 38.6 Å². The van der Waals surface area contributed by atoms with Crippen molar-refractivity contribution in [3.05, 3.63) is 65.7 Å². The molecule has 0 atom stereocenters. The number of nitrogens with zero attached hydrogens (tertiary/aromatic N) is 1. The first-order valence-electron chi connectivity index (χ1n) is 8.95. The molecule has 1 aliphatic rings. The van der Waals surface area contributed by atoms with E-state index in [0.29, 0.717) is 6.42 Å². The molecule has 0 spiro atoms. The van der Waals surface area contributed by atoms with E-state index in [1.54, 1.807) is 0 Å². The number of aryl methyl sites for hydroxylation is 1. The molecule has 0 unspecified atom stereocenters. The molecule has 0 saturated carbocycles. The number of carbonyl (C=O) groups is 1. The summed E-state index contributed by atoms with van der Waals surface area (Å²) in [6.07, 6.45) is 5.29. The second-order valence-corrected chi connectivity index (χ2v) is 6.57. The van der Waals surface area contributed by atoms with Gasteiger partial charge in [-0.05, 0) is 55.6 Å². The summed E-state index contributed by atoms with van der Waals surface area (Å²) in [5.41, 5.74) is 3.40. The largest absolute Gasteiger partial charge is 0.326 e. The van der Waals surface area contributed by atoms with Crippen LogP contribution < -0.4 is 5.32 Å². The van der Waals surface area contributed by atoms with Gasteiger partial charge >= 0.3 is 0 Å². The summed E-state index contributed by atoms with van der Waals surface area (Å²) in [6, 6.07) is 18.4. The second-order valence-electron chi connectivity index (χ2n) is 6.57. The van der Waals surface area contributed by atoms with Crippen molar-refractivity contribution in [2.24, 2.45) is 0 Å². The molecule has 2 aromatic carbocycles. The van der Waals surface area contributed by atoms with Gasteiger partial charge in [0.25, 0.3) is 0 Å². The zero-order valence-electron chi connectivity index (χ0n) is 14.2. The molecule has 0 radical (unpaired) electrons. The predicted molar refractivity (Wildman–Crippen MR) is 99.0 cm³/mol. The number of rotatable bonds is 6. The molecule has 0 aromatic heterocycles. The first-order chi connectivity index (χ1) is 11.8. The van der Waals surface area contributed by atoms with E-state index >= 15 is 0 Å². The van der Waals surface area contributed by atoms with Crippen LogP contribution in [0.2, 0.25) is 0 Å². The molecule has 1 aliphatic heterocycles. The van der Waals surface area contributed by atoms with Crippen molar-refractivity contribution in [1.29, 1.82) is 0 Å². The minimum Gasteiger partial charge on any atom is -0.326 e. The summed E-state index contributed by atoms with van der Waals surface area (Å²) in [7, 11) is 0. The van der Waals surface area contributed by atoms with E-state index in [4.69, 9.17) is 0 Å². The minimum absolute atomic E-state index is 0.0719. The standard InChI is InChI=1S/C21H26N2O/c24-21(14-11-18-7-3-1-4-8-18)22-20-12-9-19(10-13-20)17-23-15-5-2-6-16-23/h1,3-4,7-10,12-13H,2,5-6,11,14-17H2,(H,22,24). The van der Waals surface area contributed by atoms with E-state index in [0.717, 1.165) is 18.7 Å². The second kappa shape index (κ2) is 8.65. The Hall–Kier alpha value is -2.13. The average molecular weight is 322 g/mol. The molecule has 1 saturated heterocycles. The number of anilines is 1. The maximum atomic E-state index is 12.1. The number of piperidine rings is 1. The van der Waals surface area contributed by atoms with E-state index in [1.807, 2.05) is 30.3 Å². The van der Waals surface area contributed by atoms with Crippen LogP contribution in [0.15, 0.2) is 54.6 Å². The van der Waals surface area contributed by atoms with Gasteiger partial charge in [0, 0.05) is 18.7 Å². The maximum absolute atomic E-state index is 12.1. The number of carbonyl (C=O) groups excluding carboxylic acids is 1. The number of benzene rings is 2. The summed E-state index contributed by atoms with van der Waals surface area (Å²) >= 11 is 0. The van der Waals surface area contributed by atoms with Gasteiger partial charge in [-0.25, -0.2) is 0 Å². The van der Waals surface area contributed by atoms with Gasteiger partial charge in [0.1, 0.15) is 0 Å². The monoisotopic (exact) mass is 322 g/mol. The third-order valence-corrected chi connectivity index (χ3v) is 4.58. The highest BCUT2D eigenvalue weighted by Crippen LogP contribution is 2.15. The number of likely N-dealkylation sites (tertiary alicyclic amines) is 1. The van der Waals surface area contributed by atoms with Crippen LogP contribution in [-0.4, -0.2) is 23.9 Å². The van der Waals surface area contributed by atoms with Crippen molar-refractivity contribution in [1.82, 2.24) is 4.90 Å². The Balaban J connectivity index is 1.45. The summed E-state index contributed by atoms with van der Waals surface area (Å²) in [4.78, 5) is 14.6. The molecule has 1 amide bonds. The molecule has 3 heteroatoms. The lowest BCUT2D eigenvalue weighted by molar-refractivity contribution is -0.116. The van der Waals surface area contributed by atoms with E-state index < -0.39 is 0 Å². The molecule has 0 bridgehead atoms. The molecular formula is C21H26N2O. The zero-order chi connectivity index (χ0) is 16.6. The Morgan fingerprint density at radius 1 is 0.875 bits per heavy atom. The van der Waals surface area contributed by atoms with Crippen molar-refractivity contribution in [2.75, 3.05) is 18.4 Å². The highest BCUT2D eigenvalue weighted by atomic mass is 16.1. The summed E-state index contributed by atoms with van der Waals surface area (Å²) in [5.74, 6) is 0.0719. The van der Waals surface area contributed by atoms with Gasteiger partial charge in [0.15, 0.2) is 0 Å². The quantitative estimate of drug-likeness (QED) is 0.862. The molecule has 3 nitrogen and oxygen atoms in total. The Morgan fingerprint density at radius 2 is 1.58 bits per heavy atom. The van der Waals surface area contributed by atoms with E-state index in [9.17, 15) is 4.79 Å². The minimum atomic E-state index is 0.0719. The van der Waals surface area contributed by atoms with Crippen LogP contribution >= 0.6 is 0 Å². The number of amides is 1. The number of hydrogen-bond donors (Lipinski definition) is 1. The molecule has 1 N–H and O–H groups in total. The first-order valence-corrected chi connectivity index (χ1v) is 8.95. The lowest BCUT2D eigenvalue weighted by Gasteiger charge is -2.26.